The van der Waals surface area contributed by atoms with Crippen LogP contribution in [0.15, 0.2) is 0 Å². The van der Waals surface area contributed by atoms with E-state index in [1.807, 2.05) is 0 Å². The zero-order valence-electron chi connectivity index (χ0n) is 60.0. The molecule has 13 nitrogen and oxygen atoms in total. The Morgan fingerprint density at radius 1 is 0.303 bits per heavy atom. The van der Waals surface area contributed by atoms with Gasteiger partial charge in [-0.05, 0) is 63.2 Å². The van der Waals surface area contributed by atoms with Crippen molar-refractivity contribution in [2.45, 2.75) is 413 Å². The first kappa shape index (κ1) is 83.7. The molecule has 2 saturated heterocycles. The molecular weight excluding hydrogens is 1120 g/mol. The molecule has 0 amide bonds. The van der Waals surface area contributed by atoms with Gasteiger partial charge in [0.2, 0.25) is 0 Å². The maximum atomic E-state index is 14.4. The zero-order chi connectivity index (χ0) is 64.6. The summed E-state index contributed by atoms with van der Waals surface area (Å²) in [5.41, 5.74) is 0. The Balaban J connectivity index is 2.56. The molecule has 0 aliphatic carbocycles. The first-order chi connectivity index (χ1) is 43.7. The smallest absolute Gasteiger partial charge is 0.306 e. The lowest BCUT2D eigenvalue weighted by Crippen LogP contribution is -2.66. The maximum Gasteiger partial charge on any atom is 0.306 e. The molecule has 0 spiro atoms. The predicted octanol–water partition coefficient (Wildman–Crippen LogP) is 20.4. The van der Waals surface area contributed by atoms with Crippen molar-refractivity contribution < 1.29 is 61.7 Å². The molecule has 2 aliphatic heterocycles. The lowest BCUT2D eigenvalue weighted by molar-refractivity contribution is -0.390. The highest BCUT2D eigenvalue weighted by Gasteiger charge is 2.54. The fraction of sp³-hybridized carbons (Fsp3) is 0.974. The van der Waals surface area contributed by atoms with Gasteiger partial charge in [-0.15, -0.1) is 0 Å². The second kappa shape index (κ2) is 59.1. The summed E-state index contributed by atoms with van der Waals surface area (Å²) in [6, 6.07) is 0. The van der Waals surface area contributed by atoms with Crippen LogP contribution in [0.3, 0.4) is 0 Å². The maximum absolute atomic E-state index is 14.4. The van der Waals surface area contributed by atoms with E-state index in [-0.39, 0.29) is 37.0 Å². The number of ether oxygens (including phenoxy) is 11. The molecule has 2 rings (SSSR count). The highest BCUT2D eigenvalue weighted by molar-refractivity contribution is 5.70. The van der Waals surface area contributed by atoms with Crippen molar-refractivity contribution in [3.63, 3.8) is 0 Å². The molecule has 0 N–H and O–H groups in total. The van der Waals surface area contributed by atoms with Crippen LogP contribution >= 0.6 is 0 Å². The van der Waals surface area contributed by atoms with Gasteiger partial charge in [0, 0.05) is 52.5 Å². The molecule has 89 heavy (non-hydrogen) atoms. The van der Waals surface area contributed by atoms with Gasteiger partial charge in [-0.1, -0.05) is 288 Å². The number of esters is 2. The molecule has 528 valence electrons. The average molecular weight is 1270 g/mol. The van der Waals surface area contributed by atoms with Crippen LogP contribution in [0, 0.1) is 11.8 Å². The largest absolute Gasteiger partial charge is 0.463 e. The van der Waals surface area contributed by atoms with Gasteiger partial charge in [0.05, 0.1) is 0 Å². The topological polar surface area (TPSA) is 136 Å². The van der Waals surface area contributed by atoms with Crippen molar-refractivity contribution in [2.75, 3.05) is 52.9 Å². The summed E-state index contributed by atoms with van der Waals surface area (Å²) in [4.78, 5) is 28.2. The summed E-state index contributed by atoms with van der Waals surface area (Å²) in [6.45, 7) is 24.7. The standard InChI is InChI=1S/C76H146O13/c1-11-20-29-32-35-38-41-44-47-50-63(10)59-67(77)85-61-65-69(79-53-23-14-4)71(81-55-25-16-6)73(83-57-27-18-8)75(87-65)89-76-74(84-58-28-19-9)72(82-56-26-17-7)70(80-54-24-15-5)66(88-76)62-86-68(78)60-64(51-48-45-42-39-36-33-30-21-12-2)52-49-46-43-40-37-34-31-22-13-3/h63-66,69-76H,11-62H2,1-10H3/t63?,65?,66?,69-,70-,71+,72+,73?,74?,75-,76-/m1/s1. The normalized spacial score (nSPS) is 22.5. The average Bonchev–Trinajstić information content (AvgIpc) is 0.997. The Morgan fingerprint density at radius 2 is 0.562 bits per heavy atom. The molecule has 2 fully saturated rings. The fourth-order valence-corrected chi connectivity index (χ4v) is 12.4. The number of hydrogen-bond donors (Lipinski definition) is 0. The van der Waals surface area contributed by atoms with E-state index in [1.165, 1.54) is 154 Å². The molecule has 0 aromatic heterocycles. The van der Waals surface area contributed by atoms with Gasteiger partial charge < -0.3 is 52.1 Å². The minimum Gasteiger partial charge on any atom is -0.463 e. The van der Waals surface area contributed by atoms with Gasteiger partial charge >= 0.3 is 11.9 Å². The third-order valence-electron chi connectivity index (χ3n) is 18.3. The van der Waals surface area contributed by atoms with Gasteiger partial charge in [0.15, 0.2) is 12.6 Å². The number of carbonyl (C=O) groups excluding carboxylic acids is 2. The first-order valence-corrected chi connectivity index (χ1v) is 38.6. The Labute approximate surface area is 549 Å². The van der Waals surface area contributed by atoms with Gasteiger partial charge in [-0.2, -0.15) is 0 Å². The van der Waals surface area contributed by atoms with Crippen LogP contribution in [-0.2, 0) is 61.7 Å². The second-order valence-corrected chi connectivity index (χ2v) is 27.0. The van der Waals surface area contributed by atoms with Crippen LogP contribution in [0.4, 0.5) is 0 Å². The third-order valence-corrected chi connectivity index (χ3v) is 18.3. The third kappa shape index (κ3) is 40.6. The Bertz CT molecular complexity index is 1530. The molecule has 0 bridgehead atoms. The van der Waals surface area contributed by atoms with Crippen molar-refractivity contribution in [3.8, 4) is 0 Å². The lowest BCUT2D eigenvalue weighted by Gasteiger charge is -2.49. The van der Waals surface area contributed by atoms with Crippen molar-refractivity contribution in [1.82, 2.24) is 0 Å². The van der Waals surface area contributed by atoms with Crippen molar-refractivity contribution in [1.29, 1.82) is 0 Å². The minimum atomic E-state index is -1.06. The quantitative estimate of drug-likeness (QED) is 0.0423. The van der Waals surface area contributed by atoms with Crippen molar-refractivity contribution in [3.05, 3.63) is 0 Å². The van der Waals surface area contributed by atoms with Gasteiger partial charge in [0.25, 0.3) is 0 Å². The Hall–Kier alpha value is -1.42. The van der Waals surface area contributed by atoms with Crippen molar-refractivity contribution >= 4 is 11.9 Å². The summed E-state index contributed by atoms with van der Waals surface area (Å²) in [5.74, 6) is 0.0278. The lowest BCUT2D eigenvalue weighted by atomic mass is 9.91. The fourth-order valence-electron chi connectivity index (χ4n) is 12.4. The van der Waals surface area contributed by atoms with Gasteiger partial charge in [0.1, 0.15) is 62.0 Å². The van der Waals surface area contributed by atoms with E-state index in [0.29, 0.717) is 52.5 Å². The molecule has 13 heteroatoms. The highest BCUT2D eigenvalue weighted by Crippen LogP contribution is 2.36. The number of rotatable bonds is 64. The molecule has 2 aliphatic rings. The Kier molecular flexibility index (Phi) is 55.6. The number of hydrogen-bond acceptors (Lipinski definition) is 13. The number of carbonyl (C=O) groups is 2. The minimum absolute atomic E-state index is 0.0260. The molecule has 0 saturated carbocycles. The van der Waals surface area contributed by atoms with Crippen molar-refractivity contribution in [2.24, 2.45) is 11.8 Å². The summed E-state index contributed by atoms with van der Waals surface area (Å²) < 4.78 is 75.5. The summed E-state index contributed by atoms with van der Waals surface area (Å²) >= 11 is 0. The second-order valence-electron chi connectivity index (χ2n) is 27.0. The van der Waals surface area contributed by atoms with E-state index in [0.717, 1.165) is 116 Å². The molecule has 2 heterocycles. The summed E-state index contributed by atoms with van der Waals surface area (Å²) in [7, 11) is 0. The summed E-state index contributed by atoms with van der Waals surface area (Å²) in [6.07, 6.45) is 41.5. The predicted molar refractivity (Wildman–Crippen MR) is 366 cm³/mol. The van der Waals surface area contributed by atoms with E-state index in [2.05, 4.69) is 69.2 Å². The Morgan fingerprint density at radius 3 is 0.876 bits per heavy atom. The molecule has 0 aromatic rings. The molecular formula is C76H146O13. The van der Waals surface area contributed by atoms with Crippen LogP contribution in [0.2, 0.25) is 0 Å². The molecule has 5 unspecified atom stereocenters. The monoisotopic (exact) mass is 1270 g/mol. The van der Waals surface area contributed by atoms with Gasteiger partial charge in [-0.3, -0.25) is 9.59 Å². The van der Waals surface area contributed by atoms with Gasteiger partial charge in [-0.25, -0.2) is 0 Å². The molecule has 11 atom stereocenters. The van der Waals surface area contributed by atoms with Crippen LogP contribution < -0.4 is 0 Å². The molecule has 0 radical (unpaired) electrons. The van der Waals surface area contributed by atoms with Crippen LogP contribution in [-0.4, -0.2) is 126 Å². The van der Waals surface area contributed by atoms with Crippen LogP contribution in [0.25, 0.3) is 0 Å². The van der Waals surface area contributed by atoms with E-state index < -0.39 is 61.4 Å². The summed E-state index contributed by atoms with van der Waals surface area (Å²) in [5, 5.41) is 0. The number of unbranched alkanes of at least 4 members (excludes halogenated alkanes) is 30. The highest BCUT2D eigenvalue weighted by atomic mass is 16.8. The van der Waals surface area contributed by atoms with Crippen LogP contribution in [0.5, 0.6) is 0 Å². The van der Waals surface area contributed by atoms with E-state index in [9.17, 15) is 9.59 Å². The van der Waals surface area contributed by atoms with E-state index in [1.54, 1.807) is 0 Å². The van der Waals surface area contributed by atoms with E-state index in [4.69, 9.17) is 52.1 Å². The van der Waals surface area contributed by atoms with E-state index >= 15 is 0 Å². The first-order valence-electron chi connectivity index (χ1n) is 38.6. The van der Waals surface area contributed by atoms with Crippen LogP contribution in [0.1, 0.15) is 352 Å². The zero-order valence-corrected chi connectivity index (χ0v) is 60.0. The SMILES string of the molecule is CCCCCCCCCCCC(C)CC(=O)OCC1O[C@H](O[C@H]2OC(COC(=O)CC(CCCCCCCCCCC)CCCCCCCCCCC)[C@@H](OCCCC)[C@H](OCCCC)C2OCCCC)C(OCCCC)[C@@H](OCCCC)[C@@H]1OCCCC. The molecule has 0 aromatic carbocycles.